The third-order valence-electron chi connectivity index (χ3n) is 5.94. The van der Waals surface area contributed by atoms with Gasteiger partial charge in [0.1, 0.15) is 5.82 Å². The number of benzene rings is 1. The molecule has 1 aromatic carbocycles. The lowest BCUT2D eigenvalue weighted by Crippen LogP contribution is -2.44. The second kappa shape index (κ2) is 10.6. The maximum atomic E-state index is 13.1. The van der Waals surface area contributed by atoms with E-state index in [1.165, 1.54) is 12.1 Å². The van der Waals surface area contributed by atoms with Crippen LogP contribution in [-0.2, 0) is 9.53 Å². The van der Waals surface area contributed by atoms with E-state index in [-0.39, 0.29) is 17.6 Å². The number of carbonyl (C=O) groups excluding carboxylic acids is 1. The van der Waals surface area contributed by atoms with Gasteiger partial charge in [-0.3, -0.25) is 9.69 Å². The molecular formula is C23H30FN5O2. The molecule has 1 N–H and O–H groups in total. The van der Waals surface area contributed by atoms with Crippen molar-refractivity contribution in [1.29, 1.82) is 0 Å². The second-order valence-corrected chi connectivity index (χ2v) is 8.16. The third kappa shape index (κ3) is 5.98. The highest BCUT2D eigenvalue weighted by Crippen LogP contribution is 2.23. The van der Waals surface area contributed by atoms with E-state index < -0.39 is 0 Å². The molecule has 31 heavy (non-hydrogen) atoms. The van der Waals surface area contributed by atoms with Crippen LogP contribution in [0.4, 0.5) is 10.3 Å². The fourth-order valence-corrected chi connectivity index (χ4v) is 4.13. The van der Waals surface area contributed by atoms with Crippen molar-refractivity contribution in [2.45, 2.75) is 19.3 Å². The lowest BCUT2D eigenvalue weighted by atomic mass is 9.97. The Morgan fingerprint density at radius 3 is 2.58 bits per heavy atom. The fourth-order valence-electron chi connectivity index (χ4n) is 4.13. The Balaban J connectivity index is 1.25. The van der Waals surface area contributed by atoms with Crippen LogP contribution in [0.5, 0.6) is 0 Å². The SMILES string of the molecule is O=C(NCCCN1CCOCC1)[C@@H]1CCCN(c2ncc(-c3ccc(F)cc3)cn2)C1. The van der Waals surface area contributed by atoms with Crippen LogP contribution in [-0.4, -0.2) is 73.3 Å². The largest absolute Gasteiger partial charge is 0.379 e. The smallest absolute Gasteiger partial charge is 0.225 e. The van der Waals surface area contributed by atoms with Crippen LogP contribution < -0.4 is 10.2 Å². The van der Waals surface area contributed by atoms with Gasteiger partial charge in [0, 0.05) is 50.7 Å². The molecule has 166 valence electrons. The first kappa shape index (κ1) is 21.6. The standard InChI is InChI=1S/C23H30FN5O2/c24-21-6-4-18(5-7-21)20-15-26-23(27-16-20)29-10-1-3-19(17-29)22(30)25-8-2-9-28-11-13-31-14-12-28/h4-7,15-16,19H,1-3,8-14,17H2,(H,25,30)/t19-/m1/s1. The average molecular weight is 428 g/mol. The van der Waals surface area contributed by atoms with Gasteiger partial charge in [0.05, 0.1) is 19.1 Å². The van der Waals surface area contributed by atoms with Crippen molar-refractivity contribution in [3.05, 3.63) is 42.5 Å². The van der Waals surface area contributed by atoms with E-state index in [0.717, 1.165) is 69.8 Å². The predicted molar refractivity (Wildman–Crippen MR) is 117 cm³/mol. The lowest BCUT2D eigenvalue weighted by molar-refractivity contribution is -0.125. The molecule has 2 fully saturated rings. The number of morpholine rings is 1. The van der Waals surface area contributed by atoms with Crippen molar-refractivity contribution in [3.63, 3.8) is 0 Å². The molecule has 1 aromatic heterocycles. The van der Waals surface area contributed by atoms with Gasteiger partial charge in [-0.2, -0.15) is 0 Å². The van der Waals surface area contributed by atoms with Gasteiger partial charge in [0.2, 0.25) is 11.9 Å². The number of carbonyl (C=O) groups is 1. The van der Waals surface area contributed by atoms with Crippen molar-refractivity contribution >= 4 is 11.9 Å². The van der Waals surface area contributed by atoms with Gasteiger partial charge in [0.15, 0.2) is 0 Å². The summed E-state index contributed by atoms with van der Waals surface area (Å²) in [5.41, 5.74) is 1.72. The number of aromatic nitrogens is 2. The topological polar surface area (TPSA) is 70.6 Å². The number of nitrogens with one attached hydrogen (secondary N) is 1. The normalized spacial score (nSPS) is 19.9. The molecule has 8 heteroatoms. The maximum absolute atomic E-state index is 13.1. The Morgan fingerprint density at radius 2 is 1.84 bits per heavy atom. The van der Waals surface area contributed by atoms with Gasteiger partial charge in [-0.05, 0) is 43.5 Å². The Morgan fingerprint density at radius 1 is 1.10 bits per heavy atom. The monoisotopic (exact) mass is 427 g/mol. The van der Waals surface area contributed by atoms with E-state index in [1.807, 2.05) is 0 Å². The highest BCUT2D eigenvalue weighted by atomic mass is 19.1. The van der Waals surface area contributed by atoms with Crippen LogP contribution in [0.15, 0.2) is 36.7 Å². The highest BCUT2D eigenvalue weighted by molar-refractivity contribution is 5.79. The van der Waals surface area contributed by atoms with Crippen LogP contribution in [0.1, 0.15) is 19.3 Å². The number of anilines is 1. The molecule has 2 aliphatic rings. The zero-order valence-corrected chi connectivity index (χ0v) is 17.8. The summed E-state index contributed by atoms with van der Waals surface area (Å²) in [7, 11) is 0. The summed E-state index contributed by atoms with van der Waals surface area (Å²) < 4.78 is 18.5. The van der Waals surface area contributed by atoms with Gasteiger partial charge in [-0.15, -0.1) is 0 Å². The number of ether oxygens (including phenoxy) is 1. The Kier molecular flexibility index (Phi) is 7.43. The first-order valence-electron chi connectivity index (χ1n) is 11.1. The summed E-state index contributed by atoms with van der Waals surface area (Å²) in [5.74, 6) is 0.447. The van der Waals surface area contributed by atoms with Gasteiger partial charge < -0.3 is 15.0 Å². The number of piperidine rings is 1. The summed E-state index contributed by atoms with van der Waals surface area (Å²) in [6.45, 7) is 6.73. The quantitative estimate of drug-likeness (QED) is 0.684. The van der Waals surface area contributed by atoms with E-state index in [4.69, 9.17) is 4.74 Å². The van der Waals surface area contributed by atoms with Crippen molar-refractivity contribution in [1.82, 2.24) is 20.2 Å². The van der Waals surface area contributed by atoms with Crippen molar-refractivity contribution in [2.75, 3.05) is 57.4 Å². The second-order valence-electron chi connectivity index (χ2n) is 8.16. The van der Waals surface area contributed by atoms with Crippen LogP contribution in [0.25, 0.3) is 11.1 Å². The van der Waals surface area contributed by atoms with Crippen LogP contribution in [0.2, 0.25) is 0 Å². The summed E-state index contributed by atoms with van der Waals surface area (Å²) >= 11 is 0. The minimum atomic E-state index is -0.264. The number of rotatable bonds is 7. The number of hydrogen-bond donors (Lipinski definition) is 1. The molecule has 0 aliphatic carbocycles. The highest BCUT2D eigenvalue weighted by Gasteiger charge is 2.27. The average Bonchev–Trinajstić information content (AvgIpc) is 2.83. The van der Waals surface area contributed by atoms with Crippen molar-refractivity contribution < 1.29 is 13.9 Å². The first-order chi connectivity index (χ1) is 15.2. The molecule has 0 unspecified atom stereocenters. The summed E-state index contributed by atoms with van der Waals surface area (Å²) in [6, 6.07) is 6.29. The minimum Gasteiger partial charge on any atom is -0.379 e. The van der Waals surface area contributed by atoms with Crippen molar-refractivity contribution in [3.8, 4) is 11.1 Å². The molecule has 0 radical (unpaired) electrons. The van der Waals surface area contributed by atoms with E-state index in [1.54, 1.807) is 24.5 Å². The third-order valence-corrected chi connectivity index (χ3v) is 5.94. The molecule has 0 saturated carbocycles. The van der Waals surface area contributed by atoms with E-state index in [0.29, 0.717) is 19.0 Å². The van der Waals surface area contributed by atoms with Crippen LogP contribution >= 0.6 is 0 Å². The molecule has 3 heterocycles. The molecule has 4 rings (SSSR count). The predicted octanol–water partition coefficient (Wildman–Crippen LogP) is 2.34. The zero-order chi connectivity index (χ0) is 21.5. The Bertz CT molecular complexity index is 840. The van der Waals surface area contributed by atoms with Gasteiger partial charge in [0.25, 0.3) is 0 Å². The minimum absolute atomic E-state index is 0.0440. The first-order valence-corrected chi connectivity index (χ1v) is 11.1. The number of halogens is 1. The lowest BCUT2D eigenvalue weighted by Gasteiger charge is -2.32. The molecule has 0 spiro atoms. The van der Waals surface area contributed by atoms with Crippen molar-refractivity contribution in [2.24, 2.45) is 5.92 Å². The van der Waals surface area contributed by atoms with Gasteiger partial charge in [-0.1, -0.05) is 12.1 Å². The van der Waals surface area contributed by atoms with Crippen LogP contribution in [0, 0.1) is 11.7 Å². The Labute approximate surface area is 182 Å². The van der Waals surface area contributed by atoms with E-state index >= 15 is 0 Å². The van der Waals surface area contributed by atoms with Gasteiger partial charge in [-0.25, -0.2) is 14.4 Å². The number of amides is 1. The molecule has 1 atom stereocenters. The van der Waals surface area contributed by atoms with Gasteiger partial charge >= 0.3 is 0 Å². The van der Waals surface area contributed by atoms with E-state index in [2.05, 4.69) is 25.1 Å². The maximum Gasteiger partial charge on any atom is 0.225 e. The molecule has 0 bridgehead atoms. The van der Waals surface area contributed by atoms with Crippen LogP contribution in [0.3, 0.4) is 0 Å². The summed E-state index contributed by atoms with van der Waals surface area (Å²) in [4.78, 5) is 26.1. The molecule has 2 aliphatic heterocycles. The molecule has 1 amide bonds. The molecule has 2 saturated heterocycles. The zero-order valence-electron chi connectivity index (χ0n) is 17.8. The molecule has 2 aromatic rings. The van der Waals surface area contributed by atoms with E-state index in [9.17, 15) is 9.18 Å². The molecule has 7 nitrogen and oxygen atoms in total. The summed E-state index contributed by atoms with van der Waals surface area (Å²) in [6.07, 6.45) is 6.29. The number of nitrogens with zero attached hydrogens (tertiary/aromatic N) is 4. The molecular weight excluding hydrogens is 397 g/mol. The Hall–Kier alpha value is -2.58. The fraction of sp³-hybridized carbons (Fsp3) is 0.522. The summed E-state index contributed by atoms with van der Waals surface area (Å²) in [5, 5.41) is 3.10. The number of hydrogen-bond acceptors (Lipinski definition) is 6.